The van der Waals surface area contributed by atoms with Crippen LogP contribution in [0.4, 0.5) is 0 Å². The van der Waals surface area contributed by atoms with Crippen molar-refractivity contribution in [2.45, 2.75) is 6.42 Å². The van der Waals surface area contributed by atoms with Gasteiger partial charge in [0.2, 0.25) is 0 Å². The lowest BCUT2D eigenvalue weighted by Crippen LogP contribution is -2.28. The van der Waals surface area contributed by atoms with Crippen molar-refractivity contribution in [3.63, 3.8) is 0 Å². The van der Waals surface area contributed by atoms with Gasteiger partial charge >= 0.3 is 10.2 Å². The van der Waals surface area contributed by atoms with Crippen LogP contribution in [0.25, 0.3) is 0 Å². The van der Waals surface area contributed by atoms with E-state index in [0.29, 0.717) is 6.42 Å². The molecule has 0 amide bonds. The molecule has 0 saturated heterocycles. The number of fused-ring (bicyclic) bond motifs is 1. The van der Waals surface area contributed by atoms with Crippen molar-refractivity contribution in [2.75, 3.05) is 20.6 Å². The monoisotopic (exact) mass is 255 g/mol. The summed E-state index contributed by atoms with van der Waals surface area (Å²) in [5, 5.41) is 9.86. The quantitative estimate of drug-likeness (QED) is 0.750. The summed E-state index contributed by atoms with van der Waals surface area (Å²) >= 11 is 0. The van der Waals surface area contributed by atoms with Gasteiger partial charge in [-0.15, -0.1) is 8.80 Å². The van der Waals surface area contributed by atoms with Crippen LogP contribution in [0.3, 0.4) is 0 Å². The van der Waals surface area contributed by atoms with Crippen LogP contribution in [0.15, 0.2) is 20.9 Å². The Morgan fingerprint density at radius 2 is 1.88 bits per heavy atom. The number of benzene rings is 1. The molecule has 1 aromatic rings. The molecule has 1 aliphatic heterocycles. The Kier molecular flexibility index (Phi) is 2.88. The van der Waals surface area contributed by atoms with Crippen LogP contribution >= 0.6 is 0 Å². The van der Waals surface area contributed by atoms with Gasteiger partial charge in [0.25, 0.3) is 0 Å². The van der Waals surface area contributed by atoms with Crippen LogP contribution in [0.5, 0.6) is 5.75 Å². The first kappa shape index (κ1) is 12.0. The Labute approximate surface area is 99.1 Å². The van der Waals surface area contributed by atoms with Gasteiger partial charge in [-0.25, -0.2) is 0 Å². The van der Waals surface area contributed by atoms with E-state index in [-0.39, 0.29) is 16.5 Å². The maximum Gasteiger partial charge on any atom is 0.364 e. The Morgan fingerprint density at radius 3 is 2.53 bits per heavy atom. The van der Waals surface area contributed by atoms with E-state index < -0.39 is 10.2 Å². The smallest absolute Gasteiger partial charge is 0.364 e. The molecule has 1 N–H and O–H groups in total. The Balaban J connectivity index is 2.55. The summed E-state index contributed by atoms with van der Waals surface area (Å²) in [6.45, 7) is 0.771. The lowest BCUT2D eigenvalue weighted by Gasteiger charge is -2.08. The van der Waals surface area contributed by atoms with E-state index in [1.54, 1.807) is 6.07 Å². The predicted octanol–water partition coefficient (Wildman–Crippen LogP) is -1.01. The van der Waals surface area contributed by atoms with Crippen molar-refractivity contribution in [3.05, 3.63) is 28.4 Å². The third-order valence-corrected chi connectivity index (χ3v) is 3.28. The predicted molar refractivity (Wildman–Crippen MR) is 61.6 cm³/mol. The third kappa shape index (κ3) is 2.45. The summed E-state index contributed by atoms with van der Waals surface area (Å²) in [5.41, 5.74) is 0.774. The molecule has 2 rings (SSSR count). The molecule has 0 radical (unpaired) electrons. The largest absolute Gasteiger partial charge is 0.506 e. The summed E-state index contributed by atoms with van der Waals surface area (Å²) < 4.78 is 29.5. The number of hydrogen-bond acceptors (Lipinski definition) is 4. The SMILES string of the molecule is CN(C)CCc1ccc(O)c2c1=NS(=O)(=O)N=2. The van der Waals surface area contributed by atoms with Gasteiger partial charge in [0.05, 0.1) is 0 Å². The Hall–Kier alpha value is -1.47. The highest BCUT2D eigenvalue weighted by molar-refractivity contribution is 7.88. The van der Waals surface area contributed by atoms with Crippen LogP contribution in [-0.4, -0.2) is 39.1 Å². The standard InChI is InChI=1S/C10H13N3O3S/c1-13(2)6-5-7-3-4-8(14)10-9(7)11-17(15,16)12-10/h3-4,14H,5-6H2,1-2H3. The summed E-state index contributed by atoms with van der Waals surface area (Å²) in [6, 6.07) is 3.13. The molecule has 6 nitrogen and oxygen atoms in total. The Bertz CT molecular complexity index is 665. The summed E-state index contributed by atoms with van der Waals surface area (Å²) in [6.07, 6.45) is 0.657. The van der Waals surface area contributed by atoms with E-state index in [0.717, 1.165) is 12.1 Å². The second-order valence-electron chi connectivity index (χ2n) is 4.12. The number of hydrogen-bond donors (Lipinski definition) is 1. The fourth-order valence-corrected chi connectivity index (χ4v) is 2.49. The van der Waals surface area contributed by atoms with Crippen LogP contribution in [0, 0.1) is 0 Å². The van der Waals surface area contributed by atoms with Crippen molar-refractivity contribution in [1.29, 1.82) is 0 Å². The van der Waals surface area contributed by atoms with Gasteiger partial charge in [0.1, 0.15) is 16.5 Å². The van der Waals surface area contributed by atoms with Crippen LogP contribution < -0.4 is 10.7 Å². The summed E-state index contributed by atoms with van der Waals surface area (Å²) in [4.78, 5) is 1.99. The maximum absolute atomic E-state index is 11.3. The van der Waals surface area contributed by atoms with Crippen molar-refractivity contribution >= 4 is 10.2 Å². The highest BCUT2D eigenvalue weighted by Gasteiger charge is 2.17. The van der Waals surface area contributed by atoms with E-state index in [2.05, 4.69) is 8.80 Å². The summed E-state index contributed by atoms with van der Waals surface area (Å²) in [7, 11) is 0.0463. The molecule has 92 valence electrons. The van der Waals surface area contributed by atoms with Crippen LogP contribution in [0.1, 0.15) is 5.56 Å². The lowest BCUT2D eigenvalue weighted by atomic mass is 10.1. The average Bonchev–Trinajstić information content (AvgIpc) is 2.53. The lowest BCUT2D eigenvalue weighted by molar-refractivity contribution is 0.412. The van der Waals surface area contributed by atoms with Crippen molar-refractivity contribution in [1.82, 2.24) is 4.90 Å². The van der Waals surface area contributed by atoms with Crippen LogP contribution in [0.2, 0.25) is 0 Å². The average molecular weight is 255 g/mol. The van der Waals surface area contributed by atoms with Crippen molar-refractivity contribution in [3.8, 4) is 5.75 Å². The molecule has 7 heteroatoms. The van der Waals surface area contributed by atoms with E-state index in [9.17, 15) is 13.5 Å². The molecule has 17 heavy (non-hydrogen) atoms. The van der Waals surface area contributed by atoms with Gasteiger partial charge in [0.15, 0.2) is 0 Å². The maximum atomic E-state index is 11.3. The number of rotatable bonds is 3. The van der Waals surface area contributed by atoms with Gasteiger partial charge in [-0.3, -0.25) is 0 Å². The van der Waals surface area contributed by atoms with E-state index in [4.69, 9.17) is 0 Å². The van der Waals surface area contributed by atoms with Crippen molar-refractivity contribution in [2.24, 2.45) is 8.80 Å². The second kappa shape index (κ2) is 4.08. The van der Waals surface area contributed by atoms with E-state index >= 15 is 0 Å². The molecule has 0 atom stereocenters. The van der Waals surface area contributed by atoms with Gasteiger partial charge in [-0.05, 0) is 32.1 Å². The molecular formula is C10H13N3O3S. The zero-order valence-corrected chi connectivity index (χ0v) is 10.4. The Morgan fingerprint density at radius 1 is 1.24 bits per heavy atom. The minimum atomic E-state index is -3.81. The fourth-order valence-electron chi connectivity index (χ4n) is 1.60. The normalized spacial score (nSPS) is 16.4. The second-order valence-corrected chi connectivity index (χ2v) is 5.39. The molecular weight excluding hydrogens is 242 g/mol. The van der Waals surface area contributed by atoms with Crippen LogP contribution in [-0.2, 0) is 16.6 Å². The zero-order chi connectivity index (χ0) is 12.6. The zero-order valence-electron chi connectivity index (χ0n) is 9.58. The molecule has 1 heterocycles. The first-order valence-electron chi connectivity index (χ1n) is 5.09. The number of likely N-dealkylation sites (N-methyl/N-ethyl adjacent to an activating group) is 1. The number of phenolic OH excluding ortho intramolecular Hbond substituents is 1. The number of phenols is 1. The molecule has 0 fully saturated rings. The van der Waals surface area contributed by atoms with E-state index in [1.807, 2.05) is 19.0 Å². The minimum Gasteiger partial charge on any atom is -0.506 e. The number of nitrogens with zero attached hydrogens (tertiary/aromatic N) is 3. The fraction of sp³-hybridized carbons (Fsp3) is 0.400. The molecule has 0 aliphatic carbocycles. The summed E-state index contributed by atoms with van der Waals surface area (Å²) in [5.74, 6) is -0.154. The van der Waals surface area contributed by atoms with Gasteiger partial charge in [-0.2, -0.15) is 8.42 Å². The highest BCUT2D eigenvalue weighted by atomic mass is 32.2. The molecule has 0 spiro atoms. The first-order chi connectivity index (χ1) is 7.89. The van der Waals surface area contributed by atoms with Gasteiger partial charge in [0, 0.05) is 6.54 Å². The third-order valence-electron chi connectivity index (χ3n) is 2.46. The molecule has 0 unspecified atom stereocenters. The van der Waals surface area contributed by atoms with Gasteiger partial charge < -0.3 is 10.0 Å². The molecule has 0 saturated carbocycles. The highest BCUT2D eigenvalue weighted by Crippen LogP contribution is 2.06. The molecule has 0 bridgehead atoms. The topological polar surface area (TPSA) is 82.3 Å². The molecule has 1 aromatic carbocycles. The van der Waals surface area contributed by atoms with Gasteiger partial charge in [-0.1, -0.05) is 6.07 Å². The number of aromatic hydroxyl groups is 1. The molecule has 1 aliphatic rings. The van der Waals surface area contributed by atoms with E-state index in [1.165, 1.54) is 6.07 Å². The minimum absolute atomic E-state index is 0.0567. The molecule has 0 aromatic heterocycles. The van der Waals surface area contributed by atoms with Crippen molar-refractivity contribution < 1.29 is 13.5 Å². The first-order valence-corrected chi connectivity index (χ1v) is 6.49.